The zero-order valence-corrected chi connectivity index (χ0v) is 16.9. The molecule has 0 heterocycles. The highest BCUT2D eigenvalue weighted by Gasteiger charge is 2.46. The molecule has 1 aromatic rings. The van der Waals surface area contributed by atoms with Gasteiger partial charge in [0.25, 0.3) is 0 Å². The maximum absolute atomic E-state index is 12.9. The summed E-state index contributed by atoms with van der Waals surface area (Å²) in [7, 11) is 0. The summed E-state index contributed by atoms with van der Waals surface area (Å²) in [4.78, 5) is 15.1. The quantitative estimate of drug-likeness (QED) is 0.586. The Kier molecular flexibility index (Phi) is 8.34. The van der Waals surface area contributed by atoms with E-state index >= 15 is 0 Å². The number of carbonyl (C=O) groups excluding carboxylic acids is 1. The van der Waals surface area contributed by atoms with Crippen LogP contribution < -0.4 is 0 Å². The molecule has 0 aromatic heterocycles. The van der Waals surface area contributed by atoms with E-state index in [1.165, 1.54) is 0 Å². The molecule has 1 saturated carbocycles. The third kappa shape index (κ3) is 5.57. The molecule has 0 bridgehead atoms. The van der Waals surface area contributed by atoms with Crippen molar-refractivity contribution in [2.75, 3.05) is 19.7 Å². The molecule has 27 heavy (non-hydrogen) atoms. The first kappa shape index (κ1) is 21.5. The van der Waals surface area contributed by atoms with Gasteiger partial charge in [0, 0.05) is 12.0 Å². The summed E-state index contributed by atoms with van der Waals surface area (Å²) in [6.07, 6.45) is 4.91. The van der Waals surface area contributed by atoms with Crippen molar-refractivity contribution < 1.29 is 14.6 Å². The highest BCUT2D eigenvalue weighted by atomic mass is 16.5. The summed E-state index contributed by atoms with van der Waals surface area (Å²) in [6, 6.07) is 9.63. The summed E-state index contributed by atoms with van der Waals surface area (Å²) >= 11 is 0. The number of hydrogen-bond acceptors (Lipinski definition) is 4. The topological polar surface area (TPSA) is 49.8 Å². The van der Waals surface area contributed by atoms with Crippen LogP contribution >= 0.6 is 0 Å². The Hall–Kier alpha value is -1.83. The fourth-order valence-electron chi connectivity index (χ4n) is 3.81. The monoisotopic (exact) mass is 371 g/mol. The molecular formula is C23H33NO3. The first-order chi connectivity index (χ1) is 13.0. The molecule has 148 valence electrons. The number of hydrogen-bond donors (Lipinski definition) is 1. The Morgan fingerprint density at radius 1 is 1.22 bits per heavy atom. The number of aliphatic hydroxyl groups is 1. The third-order valence-electron chi connectivity index (χ3n) is 5.54. The highest BCUT2D eigenvalue weighted by molar-refractivity contribution is 5.81. The highest BCUT2D eigenvalue weighted by Crippen LogP contribution is 2.40. The van der Waals surface area contributed by atoms with Crippen LogP contribution in [0.2, 0.25) is 0 Å². The zero-order chi connectivity index (χ0) is 19.7. The zero-order valence-electron chi connectivity index (χ0n) is 16.9. The van der Waals surface area contributed by atoms with E-state index in [1.54, 1.807) is 0 Å². The number of ether oxygens (including phenoxy) is 1. The van der Waals surface area contributed by atoms with Crippen molar-refractivity contribution in [3.8, 4) is 11.8 Å². The van der Waals surface area contributed by atoms with Crippen molar-refractivity contribution in [3.05, 3.63) is 35.9 Å². The second kappa shape index (κ2) is 10.5. The van der Waals surface area contributed by atoms with E-state index in [0.717, 1.165) is 38.6 Å². The van der Waals surface area contributed by atoms with Crippen LogP contribution in [0.25, 0.3) is 0 Å². The number of nitrogens with zero attached hydrogens (tertiary/aromatic N) is 1. The maximum atomic E-state index is 12.9. The summed E-state index contributed by atoms with van der Waals surface area (Å²) in [6.45, 7) is 7.96. The molecular weight excluding hydrogens is 338 g/mol. The van der Waals surface area contributed by atoms with Crippen LogP contribution in [-0.2, 0) is 15.1 Å². The lowest BCUT2D eigenvalue weighted by atomic mass is 9.73. The van der Waals surface area contributed by atoms with Crippen LogP contribution in [0.3, 0.4) is 0 Å². The van der Waals surface area contributed by atoms with E-state index in [-0.39, 0.29) is 12.5 Å². The molecule has 0 saturated heterocycles. The van der Waals surface area contributed by atoms with Crippen LogP contribution in [0, 0.1) is 17.8 Å². The summed E-state index contributed by atoms with van der Waals surface area (Å²) in [5, 5.41) is 11.4. The Balaban J connectivity index is 2.05. The van der Waals surface area contributed by atoms with E-state index in [9.17, 15) is 9.90 Å². The van der Waals surface area contributed by atoms with Crippen molar-refractivity contribution in [1.29, 1.82) is 0 Å². The number of carbonyl (C=O) groups is 1. The van der Waals surface area contributed by atoms with Gasteiger partial charge in [-0.1, -0.05) is 68.4 Å². The van der Waals surface area contributed by atoms with E-state index < -0.39 is 11.6 Å². The van der Waals surface area contributed by atoms with Gasteiger partial charge in [0.2, 0.25) is 0 Å². The van der Waals surface area contributed by atoms with Gasteiger partial charge in [-0.05, 0) is 38.8 Å². The van der Waals surface area contributed by atoms with Crippen molar-refractivity contribution in [2.24, 2.45) is 5.92 Å². The van der Waals surface area contributed by atoms with Crippen LogP contribution in [0.15, 0.2) is 30.3 Å². The van der Waals surface area contributed by atoms with E-state index in [0.29, 0.717) is 18.2 Å². The van der Waals surface area contributed by atoms with Crippen molar-refractivity contribution in [3.63, 3.8) is 0 Å². The maximum Gasteiger partial charge on any atom is 0.344 e. The molecule has 1 atom stereocenters. The molecule has 4 heteroatoms. The van der Waals surface area contributed by atoms with Crippen LogP contribution in [0.4, 0.5) is 0 Å². The Morgan fingerprint density at radius 3 is 2.48 bits per heavy atom. The van der Waals surface area contributed by atoms with E-state index in [1.807, 2.05) is 30.3 Å². The van der Waals surface area contributed by atoms with Gasteiger partial charge in [0.1, 0.15) is 0 Å². The molecule has 1 unspecified atom stereocenters. The second-order valence-corrected chi connectivity index (χ2v) is 7.55. The van der Waals surface area contributed by atoms with Gasteiger partial charge in [-0.3, -0.25) is 4.90 Å². The van der Waals surface area contributed by atoms with E-state index in [4.69, 9.17) is 4.74 Å². The predicted octanol–water partition coefficient (Wildman–Crippen LogP) is 3.73. The molecule has 0 spiro atoms. The van der Waals surface area contributed by atoms with Crippen molar-refractivity contribution in [2.45, 2.75) is 64.5 Å². The lowest BCUT2D eigenvalue weighted by Crippen LogP contribution is -2.45. The van der Waals surface area contributed by atoms with Gasteiger partial charge < -0.3 is 9.84 Å². The molecule has 1 fully saturated rings. The SMILES string of the molecule is CCN(CC#CCOC(=O)C(O)(c1ccccc1)C1CCCCC1)C(C)C. The minimum atomic E-state index is -1.59. The van der Waals surface area contributed by atoms with Gasteiger partial charge in [0.05, 0.1) is 6.54 Å². The van der Waals surface area contributed by atoms with Gasteiger partial charge >= 0.3 is 5.97 Å². The fourth-order valence-corrected chi connectivity index (χ4v) is 3.81. The Morgan fingerprint density at radius 2 is 1.89 bits per heavy atom. The first-order valence-corrected chi connectivity index (χ1v) is 10.1. The summed E-state index contributed by atoms with van der Waals surface area (Å²) in [5.74, 6) is 5.29. The van der Waals surface area contributed by atoms with Gasteiger partial charge in [0.15, 0.2) is 12.2 Å². The minimum absolute atomic E-state index is 0.0103. The molecule has 1 aliphatic rings. The Bertz CT molecular complexity index is 641. The largest absolute Gasteiger partial charge is 0.450 e. The van der Waals surface area contributed by atoms with Crippen LogP contribution in [-0.4, -0.2) is 41.7 Å². The molecule has 0 aliphatic heterocycles. The number of rotatable bonds is 7. The predicted molar refractivity (Wildman–Crippen MR) is 108 cm³/mol. The lowest BCUT2D eigenvalue weighted by Gasteiger charge is -2.36. The molecule has 2 rings (SSSR count). The van der Waals surface area contributed by atoms with Crippen molar-refractivity contribution >= 4 is 5.97 Å². The van der Waals surface area contributed by atoms with Gasteiger partial charge in [-0.25, -0.2) is 4.79 Å². The summed E-state index contributed by atoms with van der Waals surface area (Å²) in [5.41, 5.74) is -0.969. The number of benzene rings is 1. The molecule has 1 N–H and O–H groups in total. The average molecular weight is 372 g/mol. The third-order valence-corrected chi connectivity index (χ3v) is 5.54. The molecule has 1 aromatic carbocycles. The van der Waals surface area contributed by atoms with Gasteiger partial charge in [-0.15, -0.1) is 0 Å². The minimum Gasteiger partial charge on any atom is -0.450 e. The normalized spacial score (nSPS) is 17.3. The molecule has 4 nitrogen and oxygen atoms in total. The standard InChI is InChI=1S/C23H33NO3/c1-4-24(19(2)3)17-11-12-18-27-22(25)23(26,20-13-7-5-8-14-20)21-15-9-6-10-16-21/h5,7-8,13-14,19,21,26H,4,6,9-10,15-18H2,1-3H3. The fraction of sp³-hybridized carbons (Fsp3) is 0.609. The Labute approximate surface area is 163 Å². The second-order valence-electron chi connectivity index (χ2n) is 7.55. The molecule has 1 aliphatic carbocycles. The van der Waals surface area contributed by atoms with Crippen molar-refractivity contribution in [1.82, 2.24) is 4.90 Å². The van der Waals surface area contributed by atoms with E-state index in [2.05, 4.69) is 37.5 Å². The lowest BCUT2D eigenvalue weighted by molar-refractivity contribution is -0.174. The molecule has 0 amide bonds. The van der Waals surface area contributed by atoms with Crippen LogP contribution in [0.1, 0.15) is 58.4 Å². The van der Waals surface area contributed by atoms with Crippen LogP contribution in [0.5, 0.6) is 0 Å². The average Bonchev–Trinajstić information content (AvgIpc) is 2.70. The summed E-state index contributed by atoms with van der Waals surface area (Å²) < 4.78 is 5.41. The first-order valence-electron chi connectivity index (χ1n) is 10.1. The van der Waals surface area contributed by atoms with Gasteiger partial charge in [-0.2, -0.15) is 0 Å². The molecule has 0 radical (unpaired) electrons. The number of esters is 1. The smallest absolute Gasteiger partial charge is 0.344 e.